The van der Waals surface area contributed by atoms with Gasteiger partial charge in [-0.3, -0.25) is 4.79 Å². The van der Waals surface area contributed by atoms with Gasteiger partial charge >= 0.3 is 0 Å². The molecule has 0 aliphatic carbocycles. The molecule has 1 unspecified atom stereocenters. The van der Waals surface area contributed by atoms with E-state index in [1.807, 2.05) is 7.05 Å². The number of Topliss-reactive ketones (excluding diaryl/α,β-unsaturated/α-hetero) is 1. The first-order chi connectivity index (χ1) is 6.74. The van der Waals surface area contributed by atoms with Crippen molar-refractivity contribution in [2.45, 2.75) is 52.4 Å². The third-order valence-electron chi connectivity index (χ3n) is 2.71. The molecule has 0 spiro atoms. The monoisotopic (exact) mass is 199 g/mol. The summed E-state index contributed by atoms with van der Waals surface area (Å²) in [5.41, 5.74) is 0. The summed E-state index contributed by atoms with van der Waals surface area (Å²) in [5.74, 6) is 1.04. The van der Waals surface area contributed by atoms with Gasteiger partial charge in [-0.15, -0.1) is 0 Å². The van der Waals surface area contributed by atoms with Gasteiger partial charge in [-0.05, 0) is 13.0 Å². The van der Waals surface area contributed by atoms with E-state index < -0.39 is 0 Å². The molecule has 0 radical (unpaired) electrons. The summed E-state index contributed by atoms with van der Waals surface area (Å²) >= 11 is 0. The molecule has 2 nitrogen and oxygen atoms in total. The molecule has 0 aromatic heterocycles. The van der Waals surface area contributed by atoms with Gasteiger partial charge in [0.25, 0.3) is 0 Å². The number of unbranched alkanes of at least 4 members (excludes halogenated alkanes) is 1. The Morgan fingerprint density at radius 3 is 2.57 bits per heavy atom. The highest BCUT2D eigenvalue weighted by molar-refractivity contribution is 5.78. The van der Waals surface area contributed by atoms with Crippen molar-refractivity contribution in [2.24, 2.45) is 5.92 Å². The highest BCUT2D eigenvalue weighted by Crippen LogP contribution is 2.17. The number of carbonyl (C=O) groups excluding carboxylic acids is 1. The molecule has 0 aliphatic rings. The van der Waals surface area contributed by atoms with Gasteiger partial charge in [0.05, 0.1) is 0 Å². The van der Waals surface area contributed by atoms with Crippen molar-refractivity contribution in [3.63, 3.8) is 0 Å². The summed E-state index contributed by atoms with van der Waals surface area (Å²) in [6.07, 6.45) is 6.35. The first kappa shape index (κ1) is 13.6. The van der Waals surface area contributed by atoms with E-state index in [0.29, 0.717) is 18.1 Å². The molecule has 0 saturated carbocycles. The van der Waals surface area contributed by atoms with Crippen molar-refractivity contribution in [1.82, 2.24) is 5.32 Å². The fourth-order valence-corrected chi connectivity index (χ4v) is 1.63. The minimum absolute atomic E-state index is 0.419. The van der Waals surface area contributed by atoms with E-state index in [4.69, 9.17) is 0 Å². The van der Waals surface area contributed by atoms with E-state index >= 15 is 0 Å². The molecule has 0 bridgehead atoms. The molecular formula is C12H25NO. The fraction of sp³-hybridized carbons (Fsp3) is 0.917. The third-order valence-corrected chi connectivity index (χ3v) is 2.71. The van der Waals surface area contributed by atoms with Crippen molar-refractivity contribution in [3.8, 4) is 0 Å². The molecule has 14 heavy (non-hydrogen) atoms. The molecule has 0 aromatic carbocycles. The van der Waals surface area contributed by atoms with Crippen molar-refractivity contribution in [1.29, 1.82) is 0 Å². The fourth-order valence-electron chi connectivity index (χ4n) is 1.63. The van der Waals surface area contributed by atoms with Crippen LogP contribution in [0.5, 0.6) is 0 Å². The summed E-state index contributed by atoms with van der Waals surface area (Å²) in [5, 5.41) is 3.01. The van der Waals surface area contributed by atoms with Crippen LogP contribution in [0.3, 0.4) is 0 Å². The average molecular weight is 199 g/mol. The van der Waals surface area contributed by atoms with E-state index in [2.05, 4.69) is 19.2 Å². The zero-order chi connectivity index (χ0) is 10.8. The zero-order valence-corrected chi connectivity index (χ0v) is 9.94. The van der Waals surface area contributed by atoms with Crippen LogP contribution in [0.4, 0.5) is 0 Å². The van der Waals surface area contributed by atoms with Gasteiger partial charge < -0.3 is 5.32 Å². The van der Waals surface area contributed by atoms with Crippen LogP contribution in [0, 0.1) is 5.92 Å². The van der Waals surface area contributed by atoms with E-state index in [1.165, 1.54) is 19.3 Å². The number of ketones is 1. The number of nitrogens with one attached hydrogen (secondary N) is 1. The van der Waals surface area contributed by atoms with Crippen LogP contribution in [0.25, 0.3) is 0 Å². The van der Waals surface area contributed by atoms with Crippen molar-refractivity contribution >= 4 is 5.78 Å². The van der Waals surface area contributed by atoms with Crippen LogP contribution in [-0.4, -0.2) is 19.4 Å². The molecule has 0 fully saturated rings. The first-order valence-electron chi connectivity index (χ1n) is 5.90. The summed E-state index contributed by atoms with van der Waals surface area (Å²) < 4.78 is 0. The zero-order valence-electron chi connectivity index (χ0n) is 9.94. The van der Waals surface area contributed by atoms with E-state index in [0.717, 1.165) is 19.4 Å². The van der Waals surface area contributed by atoms with Crippen LogP contribution in [0.2, 0.25) is 0 Å². The summed E-state index contributed by atoms with van der Waals surface area (Å²) in [4.78, 5) is 11.5. The lowest BCUT2D eigenvalue weighted by molar-refractivity contribution is -0.119. The molecule has 0 aliphatic heterocycles. The maximum Gasteiger partial charge on any atom is 0.134 e. The average Bonchev–Trinajstić information content (AvgIpc) is 2.21. The normalized spacial score (nSPS) is 12.8. The largest absolute Gasteiger partial charge is 0.319 e. The SMILES string of the molecule is CCCCC(CC)CC(=O)CCNC. The van der Waals surface area contributed by atoms with Crippen molar-refractivity contribution in [3.05, 3.63) is 0 Å². The molecule has 1 atom stereocenters. The number of hydrogen-bond acceptors (Lipinski definition) is 2. The lowest BCUT2D eigenvalue weighted by Gasteiger charge is -2.12. The topological polar surface area (TPSA) is 29.1 Å². The quantitative estimate of drug-likeness (QED) is 0.618. The number of rotatable bonds is 9. The molecule has 1 N–H and O–H groups in total. The molecule has 0 aromatic rings. The minimum Gasteiger partial charge on any atom is -0.319 e. The van der Waals surface area contributed by atoms with Gasteiger partial charge in [0.1, 0.15) is 5.78 Å². The Labute approximate surface area is 88.5 Å². The lowest BCUT2D eigenvalue weighted by Crippen LogP contribution is -2.15. The standard InChI is InChI=1S/C12H25NO/c1-4-6-7-11(5-2)10-12(14)8-9-13-3/h11,13H,4-10H2,1-3H3. The smallest absolute Gasteiger partial charge is 0.134 e. The van der Waals surface area contributed by atoms with Crippen LogP contribution in [0.1, 0.15) is 52.4 Å². The highest BCUT2D eigenvalue weighted by Gasteiger charge is 2.10. The van der Waals surface area contributed by atoms with Crippen LogP contribution >= 0.6 is 0 Å². The second kappa shape index (κ2) is 9.20. The second-order valence-electron chi connectivity index (χ2n) is 4.01. The van der Waals surface area contributed by atoms with Gasteiger partial charge in [0.15, 0.2) is 0 Å². The molecule has 0 heterocycles. The summed E-state index contributed by atoms with van der Waals surface area (Å²) in [6.45, 7) is 5.21. The Hall–Kier alpha value is -0.370. The molecule has 2 heteroatoms. The van der Waals surface area contributed by atoms with Crippen LogP contribution < -0.4 is 5.32 Å². The molecule has 0 rings (SSSR count). The van der Waals surface area contributed by atoms with Crippen molar-refractivity contribution in [2.75, 3.05) is 13.6 Å². The molecule has 84 valence electrons. The van der Waals surface area contributed by atoms with Gasteiger partial charge in [0.2, 0.25) is 0 Å². The van der Waals surface area contributed by atoms with Crippen LogP contribution in [0.15, 0.2) is 0 Å². The maximum absolute atomic E-state index is 11.5. The Morgan fingerprint density at radius 2 is 2.07 bits per heavy atom. The van der Waals surface area contributed by atoms with Gasteiger partial charge in [-0.25, -0.2) is 0 Å². The van der Waals surface area contributed by atoms with Crippen LogP contribution in [-0.2, 0) is 4.79 Å². The predicted molar refractivity (Wildman–Crippen MR) is 61.5 cm³/mol. The molecular weight excluding hydrogens is 174 g/mol. The van der Waals surface area contributed by atoms with E-state index in [1.54, 1.807) is 0 Å². The van der Waals surface area contributed by atoms with Gasteiger partial charge in [-0.1, -0.05) is 39.5 Å². The number of hydrogen-bond donors (Lipinski definition) is 1. The Morgan fingerprint density at radius 1 is 1.36 bits per heavy atom. The van der Waals surface area contributed by atoms with E-state index in [-0.39, 0.29) is 0 Å². The first-order valence-corrected chi connectivity index (χ1v) is 5.90. The number of carbonyl (C=O) groups is 1. The third kappa shape index (κ3) is 7.07. The summed E-state index contributed by atoms with van der Waals surface area (Å²) in [6, 6.07) is 0. The lowest BCUT2D eigenvalue weighted by atomic mass is 9.93. The van der Waals surface area contributed by atoms with Gasteiger partial charge in [-0.2, -0.15) is 0 Å². The summed E-state index contributed by atoms with van der Waals surface area (Å²) in [7, 11) is 1.89. The predicted octanol–water partition coefficient (Wildman–Crippen LogP) is 2.77. The Bertz CT molecular complexity index is 145. The van der Waals surface area contributed by atoms with Crippen molar-refractivity contribution < 1.29 is 4.79 Å². The molecule has 0 saturated heterocycles. The Balaban J connectivity index is 3.62. The van der Waals surface area contributed by atoms with E-state index in [9.17, 15) is 4.79 Å². The molecule has 0 amide bonds. The Kier molecular flexibility index (Phi) is 8.95. The van der Waals surface area contributed by atoms with Gasteiger partial charge in [0, 0.05) is 19.4 Å². The minimum atomic E-state index is 0.419. The highest BCUT2D eigenvalue weighted by atomic mass is 16.1. The maximum atomic E-state index is 11.5. The second-order valence-corrected chi connectivity index (χ2v) is 4.01.